The lowest BCUT2D eigenvalue weighted by Gasteiger charge is -2.27. The number of carbonyl (C=O) groups excluding carboxylic acids is 2. The summed E-state index contributed by atoms with van der Waals surface area (Å²) in [6.45, 7) is 3.26. The smallest absolute Gasteiger partial charge is 0.302 e. The van der Waals surface area contributed by atoms with Crippen molar-refractivity contribution in [3.63, 3.8) is 0 Å². The van der Waals surface area contributed by atoms with Crippen LogP contribution in [0.25, 0.3) is 10.8 Å². The van der Waals surface area contributed by atoms with Crippen LogP contribution in [0.4, 0.5) is 0 Å². The Morgan fingerprint density at radius 1 is 0.920 bits per heavy atom. The van der Waals surface area contributed by atoms with E-state index in [1.807, 2.05) is 18.2 Å². The number of ether oxygens (including phenoxy) is 3. The molecule has 1 aliphatic rings. The third-order valence-electron chi connectivity index (χ3n) is 4.66. The second-order valence-electron chi connectivity index (χ2n) is 6.75. The molecule has 0 heterocycles. The standard InChI is InChI=1S/C20H22O5/c1-13(21)24-11-20(12-25-14(2)22)9-17-6-15-4-5-19(23-3)8-16(15)7-18(17)10-20/h4-8H,9-12H2,1-3H3. The Bertz CT molecular complexity index is 806. The van der Waals surface area contributed by atoms with E-state index >= 15 is 0 Å². The summed E-state index contributed by atoms with van der Waals surface area (Å²) in [6, 6.07) is 10.3. The number of carbonyl (C=O) groups is 2. The van der Waals surface area contributed by atoms with E-state index in [4.69, 9.17) is 14.2 Å². The monoisotopic (exact) mass is 342 g/mol. The second kappa shape index (κ2) is 6.75. The number of benzene rings is 2. The molecule has 2 aromatic rings. The Labute approximate surface area is 146 Å². The van der Waals surface area contributed by atoms with Crippen molar-refractivity contribution in [3.05, 3.63) is 41.5 Å². The molecule has 25 heavy (non-hydrogen) atoms. The zero-order chi connectivity index (χ0) is 18.0. The fourth-order valence-corrected chi connectivity index (χ4v) is 3.45. The van der Waals surface area contributed by atoms with Crippen LogP contribution in [0.1, 0.15) is 25.0 Å². The first-order valence-electron chi connectivity index (χ1n) is 8.27. The average molecular weight is 342 g/mol. The molecule has 0 aliphatic heterocycles. The van der Waals surface area contributed by atoms with Gasteiger partial charge in [0.1, 0.15) is 19.0 Å². The minimum atomic E-state index is -0.402. The predicted octanol–water partition coefficient (Wildman–Crippen LogP) is 3.06. The van der Waals surface area contributed by atoms with Gasteiger partial charge in [0.25, 0.3) is 0 Å². The number of hydrogen-bond acceptors (Lipinski definition) is 5. The van der Waals surface area contributed by atoms with Crippen molar-refractivity contribution < 1.29 is 23.8 Å². The molecule has 0 aromatic heterocycles. The molecule has 0 amide bonds. The Morgan fingerprint density at radius 3 is 2.00 bits per heavy atom. The first-order valence-corrected chi connectivity index (χ1v) is 8.27. The van der Waals surface area contributed by atoms with E-state index in [9.17, 15) is 9.59 Å². The fraction of sp³-hybridized carbons (Fsp3) is 0.400. The van der Waals surface area contributed by atoms with Crippen molar-refractivity contribution in [2.24, 2.45) is 5.41 Å². The van der Waals surface area contributed by atoms with Gasteiger partial charge in [0, 0.05) is 19.3 Å². The van der Waals surface area contributed by atoms with Crippen molar-refractivity contribution >= 4 is 22.7 Å². The summed E-state index contributed by atoms with van der Waals surface area (Å²) in [7, 11) is 1.65. The van der Waals surface area contributed by atoms with E-state index in [-0.39, 0.29) is 25.2 Å². The van der Waals surface area contributed by atoms with Crippen LogP contribution in [0.3, 0.4) is 0 Å². The predicted molar refractivity (Wildman–Crippen MR) is 93.6 cm³/mol. The summed E-state index contributed by atoms with van der Waals surface area (Å²) in [6.07, 6.45) is 1.42. The average Bonchev–Trinajstić information content (AvgIpc) is 2.93. The fourth-order valence-electron chi connectivity index (χ4n) is 3.45. The molecule has 0 fully saturated rings. The van der Waals surface area contributed by atoms with E-state index in [1.165, 1.54) is 25.0 Å². The maximum Gasteiger partial charge on any atom is 0.302 e. The van der Waals surface area contributed by atoms with Crippen molar-refractivity contribution in [3.8, 4) is 5.75 Å². The molecule has 0 bridgehead atoms. The van der Waals surface area contributed by atoms with Crippen LogP contribution in [0.15, 0.2) is 30.3 Å². The van der Waals surface area contributed by atoms with Gasteiger partial charge in [-0.05, 0) is 46.9 Å². The molecular formula is C20H22O5. The van der Waals surface area contributed by atoms with Crippen LogP contribution in [0.5, 0.6) is 5.75 Å². The van der Waals surface area contributed by atoms with Crippen molar-refractivity contribution in [1.82, 2.24) is 0 Å². The van der Waals surface area contributed by atoms with Crippen LogP contribution >= 0.6 is 0 Å². The van der Waals surface area contributed by atoms with Gasteiger partial charge in [-0.1, -0.05) is 18.2 Å². The molecule has 5 heteroatoms. The summed E-state index contributed by atoms with van der Waals surface area (Å²) in [5, 5.41) is 2.24. The van der Waals surface area contributed by atoms with Gasteiger partial charge in [0.15, 0.2) is 0 Å². The van der Waals surface area contributed by atoms with Gasteiger partial charge < -0.3 is 14.2 Å². The summed E-state index contributed by atoms with van der Waals surface area (Å²) in [5.41, 5.74) is 2.00. The Hall–Kier alpha value is -2.56. The van der Waals surface area contributed by atoms with E-state index in [0.717, 1.165) is 16.5 Å². The largest absolute Gasteiger partial charge is 0.497 e. The summed E-state index contributed by atoms with van der Waals surface area (Å²) in [5.74, 6) is 0.164. The van der Waals surface area contributed by atoms with Crippen LogP contribution in [0, 0.1) is 5.41 Å². The molecule has 2 aromatic carbocycles. The third kappa shape index (κ3) is 3.76. The van der Waals surface area contributed by atoms with Gasteiger partial charge in [0.2, 0.25) is 0 Å². The zero-order valence-corrected chi connectivity index (χ0v) is 14.8. The zero-order valence-electron chi connectivity index (χ0n) is 14.8. The number of rotatable bonds is 5. The highest BCUT2D eigenvalue weighted by Gasteiger charge is 2.40. The Balaban J connectivity index is 1.92. The molecule has 0 N–H and O–H groups in total. The minimum absolute atomic E-state index is 0.240. The number of esters is 2. The maximum absolute atomic E-state index is 11.3. The summed E-state index contributed by atoms with van der Waals surface area (Å²) in [4.78, 5) is 22.5. The van der Waals surface area contributed by atoms with Gasteiger partial charge >= 0.3 is 11.9 Å². The molecule has 0 spiro atoms. The van der Waals surface area contributed by atoms with Gasteiger partial charge in [-0.25, -0.2) is 0 Å². The molecule has 0 atom stereocenters. The third-order valence-corrected chi connectivity index (χ3v) is 4.66. The molecular weight excluding hydrogens is 320 g/mol. The SMILES string of the molecule is COc1ccc2cc3c(cc2c1)CC(COC(C)=O)(COC(C)=O)C3. The van der Waals surface area contributed by atoms with Gasteiger partial charge in [0.05, 0.1) is 7.11 Å². The molecule has 0 saturated carbocycles. The van der Waals surface area contributed by atoms with E-state index in [0.29, 0.717) is 12.8 Å². The first-order chi connectivity index (χ1) is 11.9. The van der Waals surface area contributed by atoms with Crippen LogP contribution in [-0.4, -0.2) is 32.3 Å². The van der Waals surface area contributed by atoms with Crippen molar-refractivity contribution in [2.45, 2.75) is 26.7 Å². The molecule has 0 saturated heterocycles. The summed E-state index contributed by atoms with van der Waals surface area (Å²) < 4.78 is 15.9. The highest BCUT2D eigenvalue weighted by Crippen LogP contribution is 2.40. The first kappa shape index (κ1) is 17.3. The van der Waals surface area contributed by atoms with E-state index in [2.05, 4.69) is 12.1 Å². The number of hydrogen-bond donors (Lipinski definition) is 0. The summed E-state index contributed by atoms with van der Waals surface area (Å²) >= 11 is 0. The van der Waals surface area contributed by atoms with Gasteiger partial charge in [-0.15, -0.1) is 0 Å². The minimum Gasteiger partial charge on any atom is -0.497 e. The quantitative estimate of drug-likeness (QED) is 0.782. The van der Waals surface area contributed by atoms with E-state index < -0.39 is 5.41 Å². The molecule has 3 rings (SSSR count). The number of fused-ring (bicyclic) bond motifs is 2. The Morgan fingerprint density at radius 2 is 1.48 bits per heavy atom. The van der Waals surface area contributed by atoms with Crippen molar-refractivity contribution in [2.75, 3.05) is 20.3 Å². The number of methoxy groups -OCH3 is 1. The van der Waals surface area contributed by atoms with Crippen LogP contribution < -0.4 is 4.74 Å². The van der Waals surface area contributed by atoms with Gasteiger partial charge in [-0.3, -0.25) is 9.59 Å². The normalized spacial score (nSPS) is 14.8. The molecule has 132 valence electrons. The van der Waals surface area contributed by atoms with Crippen molar-refractivity contribution in [1.29, 1.82) is 0 Å². The topological polar surface area (TPSA) is 61.8 Å². The molecule has 1 aliphatic carbocycles. The molecule has 5 nitrogen and oxygen atoms in total. The Kier molecular flexibility index (Phi) is 4.66. The van der Waals surface area contributed by atoms with E-state index in [1.54, 1.807) is 7.11 Å². The lowest BCUT2D eigenvalue weighted by atomic mass is 9.86. The maximum atomic E-state index is 11.3. The lowest BCUT2D eigenvalue weighted by molar-refractivity contribution is -0.151. The lowest BCUT2D eigenvalue weighted by Crippen LogP contribution is -2.34. The highest BCUT2D eigenvalue weighted by molar-refractivity contribution is 5.86. The molecule has 0 unspecified atom stereocenters. The van der Waals surface area contributed by atoms with Gasteiger partial charge in [-0.2, -0.15) is 0 Å². The molecule has 0 radical (unpaired) electrons. The van der Waals surface area contributed by atoms with Crippen LogP contribution in [0.2, 0.25) is 0 Å². The highest BCUT2D eigenvalue weighted by atomic mass is 16.5. The second-order valence-corrected chi connectivity index (χ2v) is 6.75. The van der Waals surface area contributed by atoms with Crippen LogP contribution in [-0.2, 0) is 31.9 Å².